The third-order valence-electron chi connectivity index (χ3n) is 2.45. The molecule has 0 heterocycles. The Morgan fingerprint density at radius 2 is 2.31 bits per heavy atom. The molecule has 0 aromatic rings. The van der Waals surface area contributed by atoms with Crippen LogP contribution in [0.2, 0.25) is 0 Å². The molecule has 0 aromatic heterocycles. The number of nitrogens with two attached hydrogens (primary N) is 1. The SMILES string of the molecule is CCOC(=O)C1CCC(N)CC1O. The van der Waals surface area contributed by atoms with Crippen LogP contribution in [0.5, 0.6) is 0 Å². The summed E-state index contributed by atoms with van der Waals surface area (Å²) in [5.74, 6) is -0.651. The Morgan fingerprint density at radius 3 is 2.85 bits per heavy atom. The molecule has 0 aromatic carbocycles. The number of carbonyl (C=O) groups excluding carboxylic acids is 1. The van der Waals surface area contributed by atoms with Crippen molar-refractivity contribution in [3.05, 3.63) is 0 Å². The van der Waals surface area contributed by atoms with Gasteiger partial charge in [-0.15, -0.1) is 0 Å². The Balaban J connectivity index is 2.45. The van der Waals surface area contributed by atoms with E-state index < -0.39 is 6.10 Å². The van der Waals surface area contributed by atoms with Gasteiger partial charge in [-0.05, 0) is 26.2 Å². The number of esters is 1. The van der Waals surface area contributed by atoms with Gasteiger partial charge in [-0.1, -0.05) is 0 Å². The minimum absolute atomic E-state index is 0.0284. The summed E-state index contributed by atoms with van der Waals surface area (Å²) < 4.78 is 4.85. The van der Waals surface area contributed by atoms with Gasteiger partial charge in [0.05, 0.1) is 18.6 Å². The van der Waals surface area contributed by atoms with Crippen molar-refractivity contribution in [2.45, 2.75) is 38.3 Å². The number of aliphatic hydroxyl groups excluding tert-OH is 1. The van der Waals surface area contributed by atoms with Gasteiger partial charge in [-0.2, -0.15) is 0 Å². The number of hydrogen-bond acceptors (Lipinski definition) is 4. The van der Waals surface area contributed by atoms with Crippen molar-refractivity contribution < 1.29 is 14.6 Å². The maximum absolute atomic E-state index is 11.3. The van der Waals surface area contributed by atoms with Crippen LogP contribution < -0.4 is 5.73 Å². The lowest BCUT2D eigenvalue weighted by Crippen LogP contribution is -2.40. The summed E-state index contributed by atoms with van der Waals surface area (Å²) in [5.41, 5.74) is 5.65. The zero-order valence-corrected chi connectivity index (χ0v) is 7.90. The molecule has 0 radical (unpaired) electrons. The Morgan fingerprint density at radius 1 is 1.62 bits per heavy atom. The van der Waals surface area contributed by atoms with Crippen molar-refractivity contribution >= 4 is 5.97 Å². The van der Waals surface area contributed by atoms with Crippen molar-refractivity contribution in [1.29, 1.82) is 0 Å². The molecule has 3 unspecified atom stereocenters. The second-order valence-corrected chi connectivity index (χ2v) is 3.50. The van der Waals surface area contributed by atoms with Crippen LogP contribution in [0, 0.1) is 5.92 Å². The number of rotatable bonds is 2. The normalized spacial score (nSPS) is 34.2. The summed E-state index contributed by atoms with van der Waals surface area (Å²) in [6, 6.07) is 0.0284. The van der Waals surface area contributed by atoms with E-state index in [1.807, 2.05) is 0 Å². The van der Waals surface area contributed by atoms with Crippen molar-refractivity contribution in [1.82, 2.24) is 0 Å². The summed E-state index contributed by atoms with van der Waals surface area (Å²) in [7, 11) is 0. The van der Waals surface area contributed by atoms with E-state index in [9.17, 15) is 9.90 Å². The molecular weight excluding hydrogens is 170 g/mol. The van der Waals surface area contributed by atoms with Crippen LogP contribution in [0.25, 0.3) is 0 Å². The average molecular weight is 187 g/mol. The average Bonchev–Trinajstić information content (AvgIpc) is 2.04. The van der Waals surface area contributed by atoms with Crippen molar-refractivity contribution in [2.24, 2.45) is 11.7 Å². The Labute approximate surface area is 78.1 Å². The lowest BCUT2D eigenvalue weighted by Gasteiger charge is -2.29. The van der Waals surface area contributed by atoms with Crippen LogP contribution in [0.4, 0.5) is 0 Å². The zero-order chi connectivity index (χ0) is 9.84. The molecule has 13 heavy (non-hydrogen) atoms. The van der Waals surface area contributed by atoms with E-state index in [1.54, 1.807) is 6.92 Å². The van der Waals surface area contributed by atoms with Crippen molar-refractivity contribution in [3.8, 4) is 0 Å². The highest BCUT2D eigenvalue weighted by Crippen LogP contribution is 2.24. The first-order valence-electron chi connectivity index (χ1n) is 4.75. The van der Waals surface area contributed by atoms with Crippen LogP contribution in [0.1, 0.15) is 26.2 Å². The van der Waals surface area contributed by atoms with E-state index in [1.165, 1.54) is 0 Å². The first kappa shape index (κ1) is 10.5. The molecule has 1 saturated carbocycles. The summed E-state index contributed by atoms with van der Waals surface area (Å²) >= 11 is 0. The third-order valence-corrected chi connectivity index (χ3v) is 2.45. The summed E-state index contributed by atoms with van der Waals surface area (Å²) in [6.07, 6.45) is 1.31. The molecule has 0 aliphatic heterocycles. The van der Waals surface area contributed by atoms with Crippen LogP contribution in [0.15, 0.2) is 0 Å². The molecule has 0 amide bonds. The molecule has 1 rings (SSSR count). The van der Waals surface area contributed by atoms with Gasteiger partial charge in [0.15, 0.2) is 0 Å². The van der Waals surface area contributed by atoms with Crippen LogP contribution >= 0.6 is 0 Å². The lowest BCUT2D eigenvalue weighted by atomic mass is 9.84. The van der Waals surface area contributed by atoms with Gasteiger partial charge in [0.25, 0.3) is 0 Å². The largest absolute Gasteiger partial charge is 0.466 e. The Bertz CT molecular complexity index is 184. The predicted octanol–water partition coefficient (Wildman–Crippen LogP) is 0.0378. The Kier molecular flexibility index (Phi) is 3.69. The second-order valence-electron chi connectivity index (χ2n) is 3.50. The molecule has 3 atom stereocenters. The predicted molar refractivity (Wildman–Crippen MR) is 48.0 cm³/mol. The van der Waals surface area contributed by atoms with Gasteiger partial charge < -0.3 is 15.6 Å². The molecule has 0 bridgehead atoms. The smallest absolute Gasteiger partial charge is 0.311 e. The third kappa shape index (κ3) is 2.67. The highest BCUT2D eigenvalue weighted by molar-refractivity contribution is 5.73. The van der Waals surface area contributed by atoms with E-state index in [4.69, 9.17) is 10.5 Å². The summed E-state index contributed by atoms with van der Waals surface area (Å²) in [6.45, 7) is 2.13. The molecule has 3 N–H and O–H groups in total. The molecule has 4 nitrogen and oxygen atoms in total. The van der Waals surface area contributed by atoms with E-state index >= 15 is 0 Å². The minimum Gasteiger partial charge on any atom is -0.466 e. The fourth-order valence-electron chi connectivity index (χ4n) is 1.70. The topological polar surface area (TPSA) is 72.5 Å². The number of ether oxygens (including phenoxy) is 1. The van der Waals surface area contributed by atoms with E-state index in [0.29, 0.717) is 19.4 Å². The van der Waals surface area contributed by atoms with Gasteiger partial charge >= 0.3 is 5.97 Å². The van der Waals surface area contributed by atoms with Gasteiger partial charge in [-0.3, -0.25) is 4.79 Å². The first-order valence-corrected chi connectivity index (χ1v) is 4.75. The highest BCUT2D eigenvalue weighted by Gasteiger charge is 2.33. The number of hydrogen-bond donors (Lipinski definition) is 2. The second kappa shape index (κ2) is 4.58. The van der Waals surface area contributed by atoms with Crippen LogP contribution in [0.3, 0.4) is 0 Å². The van der Waals surface area contributed by atoms with Crippen molar-refractivity contribution in [2.75, 3.05) is 6.61 Å². The van der Waals surface area contributed by atoms with E-state index in [0.717, 1.165) is 6.42 Å². The van der Waals surface area contributed by atoms with Crippen LogP contribution in [-0.4, -0.2) is 29.8 Å². The fraction of sp³-hybridized carbons (Fsp3) is 0.889. The number of carbonyl (C=O) groups is 1. The van der Waals surface area contributed by atoms with Gasteiger partial charge in [0.1, 0.15) is 0 Å². The Hall–Kier alpha value is -0.610. The maximum atomic E-state index is 11.3. The first-order chi connectivity index (χ1) is 6.15. The molecule has 0 saturated heterocycles. The van der Waals surface area contributed by atoms with E-state index in [2.05, 4.69) is 0 Å². The molecule has 1 aliphatic carbocycles. The van der Waals surface area contributed by atoms with Crippen LogP contribution in [-0.2, 0) is 9.53 Å². The standard InChI is InChI=1S/C9H17NO3/c1-2-13-9(12)7-4-3-6(10)5-8(7)11/h6-8,11H,2-5,10H2,1H3. The molecule has 0 spiro atoms. The number of aliphatic hydroxyl groups is 1. The van der Waals surface area contributed by atoms with Gasteiger partial charge in [0.2, 0.25) is 0 Å². The minimum atomic E-state index is -0.622. The quantitative estimate of drug-likeness (QED) is 0.598. The zero-order valence-electron chi connectivity index (χ0n) is 7.90. The van der Waals surface area contributed by atoms with E-state index in [-0.39, 0.29) is 17.9 Å². The lowest BCUT2D eigenvalue weighted by molar-refractivity contribution is -0.153. The summed E-state index contributed by atoms with van der Waals surface area (Å²) in [5, 5.41) is 9.56. The molecule has 4 heteroatoms. The summed E-state index contributed by atoms with van der Waals surface area (Å²) in [4.78, 5) is 11.3. The van der Waals surface area contributed by atoms with Gasteiger partial charge in [0, 0.05) is 6.04 Å². The molecule has 76 valence electrons. The molecule has 1 aliphatic rings. The highest BCUT2D eigenvalue weighted by atomic mass is 16.5. The fourth-order valence-corrected chi connectivity index (χ4v) is 1.70. The molecule has 1 fully saturated rings. The molecular formula is C9H17NO3. The maximum Gasteiger partial charge on any atom is 0.311 e. The monoisotopic (exact) mass is 187 g/mol. The van der Waals surface area contributed by atoms with Crippen molar-refractivity contribution in [3.63, 3.8) is 0 Å². The van der Waals surface area contributed by atoms with Gasteiger partial charge in [-0.25, -0.2) is 0 Å².